The van der Waals surface area contributed by atoms with Crippen molar-refractivity contribution in [3.8, 4) is 17.2 Å². The summed E-state index contributed by atoms with van der Waals surface area (Å²) in [4.78, 5) is 12.4. The van der Waals surface area contributed by atoms with Crippen molar-refractivity contribution in [2.24, 2.45) is 0 Å². The summed E-state index contributed by atoms with van der Waals surface area (Å²) < 4.78 is 38.2. The van der Waals surface area contributed by atoms with Crippen molar-refractivity contribution in [3.63, 3.8) is 0 Å². The molecule has 2 heterocycles. The lowest BCUT2D eigenvalue weighted by Gasteiger charge is -2.24. The highest BCUT2D eigenvalue weighted by Crippen LogP contribution is 2.46. The molecule has 2 atom stereocenters. The van der Waals surface area contributed by atoms with Gasteiger partial charge in [0.1, 0.15) is 18.9 Å². The summed E-state index contributed by atoms with van der Waals surface area (Å²) in [5, 5.41) is 8.59. The second kappa shape index (κ2) is 9.76. The number of hydrogen-bond acceptors (Lipinski definition) is 7. The highest BCUT2D eigenvalue weighted by atomic mass is 35.5. The monoisotopic (exact) mass is 475 g/mol. The molecule has 10 heteroatoms. The number of hydrogen-bond donors (Lipinski definition) is 0. The van der Waals surface area contributed by atoms with E-state index >= 15 is 0 Å². The first-order valence-electron chi connectivity index (χ1n) is 10.3. The Labute approximate surface area is 195 Å². The molecule has 4 rings (SSSR count). The molecule has 0 bridgehead atoms. The van der Waals surface area contributed by atoms with Crippen molar-refractivity contribution in [3.05, 3.63) is 64.2 Å². The molecule has 1 aliphatic rings. The summed E-state index contributed by atoms with van der Waals surface area (Å²) in [6, 6.07) is 10.6. The molecule has 0 saturated heterocycles. The summed E-state index contributed by atoms with van der Waals surface area (Å²) in [6.45, 7) is 1.09. The van der Waals surface area contributed by atoms with Gasteiger partial charge >= 0.3 is 5.97 Å². The topological polar surface area (TPSA) is 84.7 Å². The first-order valence-corrected chi connectivity index (χ1v) is 10.7. The number of halogens is 2. The number of methoxy groups -OCH3 is 2. The Morgan fingerprint density at radius 2 is 2.00 bits per heavy atom. The van der Waals surface area contributed by atoms with Gasteiger partial charge in [-0.2, -0.15) is 0 Å². The largest absolute Gasteiger partial charge is 0.493 e. The predicted octanol–water partition coefficient (Wildman–Crippen LogP) is 4.52. The van der Waals surface area contributed by atoms with Crippen LogP contribution in [0.1, 0.15) is 48.3 Å². The van der Waals surface area contributed by atoms with Crippen LogP contribution in [0.4, 0.5) is 4.39 Å². The fourth-order valence-electron chi connectivity index (χ4n) is 4.00. The van der Waals surface area contributed by atoms with Crippen LogP contribution < -0.4 is 9.47 Å². The fraction of sp³-hybridized carbons (Fsp3) is 0.348. The number of esters is 1. The lowest BCUT2D eigenvalue weighted by molar-refractivity contribution is -0.147. The van der Waals surface area contributed by atoms with E-state index in [0.717, 1.165) is 0 Å². The molecule has 0 radical (unpaired) electrons. The van der Waals surface area contributed by atoms with Gasteiger partial charge in [0.2, 0.25) is 0 Å². The molecule has 8 nitrogen and oxygen atoms in total. The summed E-state index contributed by atoms with van der Waals surface area (Å²) in [6.07, 6.45) is -1.75. The maximum absolute atomic E-state index is 13.9. The van der Waals surface area contributed by atoms with E-state index in [1.54, 1.807) is 42.9 Å². The SMILES string of the molecule is CCOC(=O)C[C@@H]1O[C@@H](c2cccc(OC)c2OC)c2cc(Cl)ccc2-n2c(CF)nnc21. The molecule has 0 spiro atoms. The number of carbonyl (C=O) groups excluding carboxylic acids is 1. The first kappa shape index (κ1) is 23.0. The van der Waals surface area contributed by atoms with Crippen molar-refractivity contribution in [2.45, 2.75) is 32.2 Å². The summed E-state index contributed by atoms with van der Waals surface area (Å²) in [7, 11) is 3.07. The summed E-state index contributed by atoms with van der Waals surface area (Å²) in [5.74, 6) is 0.888. The van der Waals surface area contributed by atoms with Gasteiger partial charge in [-0.05, 0) is 31.2 Å². The van der Waals surface area contributed by atoms with Gasteiger partial charge in [0.25, 0.3) is 0 Å². The zero-order valence-electron chi connectivity index (χ0n) is 18.4. The fourth-order valence-corrected chi connectivity index (χ4v) is 4.18. The number of fused-ring (bicyclic) bond motifs is 3. The normalized spacial score (nSPS) is 17.0. The van der Waals surface area contributed by atoms with Gasteiger partial charge in [0.15, 0.2) is 23.1 Å². The van der Waals surface area contributed by atoms with E-state index < -0.39 is 24.9 Å². The van der Waals surface area contributed by atoms with Gasteiger partial charge in [-0.15, -0.1) is 10.2 Å². The van der Waals surface area contributed by atoms with Crippen molar-refractivity contribution in [1.29, 1.82) is 0 Å². The molecular formula is C23H23ClFN3O5. The molecule has 2 aromatic carbocycles. The highest BCUT2D eigenvalue weighted by Gasteiger charge is 2.36. The number of para-hydroxylation sites is 1. The molecule has 3 aromatic rings. The number of aromatic nitrogens is 3. The molecule has 0 N–H and O–H groups in total. The van der Waals surface area contributed by atoms with E-state index in [1.807, 2.05) is 12.1 Å². The van der Waals surface area contributed by atoms with Crippen molar-refractivity contribution < 1.29 is 28.1 Å². The average Bonchev–Trinajstić information content (AvgIpc) is 3.20. The highest BCUT2D eigenvalue weighted by molar-refractivity contribution is 6.30. The number of ether oxygens (including phenoxy) is 4. The van der Waals surface area contributed by atoms with E-state index in [2.05, 4.69) is 10.2 Å². The van der Waals surface area contributed by atoms with Crippen molar-refractivity contribution in [1.82, 2.24) is 14.8 Å². The third-order valence-corrected chi connectivity index (χ3v) is 5.58. The van der Waals surface area contributed by atoms with Crippen LogP contribution in [-0.4, -0.2) is 41.6 Å². The maximum Gasteiger partial charge on any atom is 0.308 e. The van der Waals surface area contributed by atoms with Crippen molar-refractivity contribution in [2.75, 3.05) is 20.8 Å². The van der Waals surface area contributed by atoms with Gasteiger partial charge in [0, 0.05) is 16.1 Å². The van der Waals surface area contributed by atoms with Crippen LogP contribution in [-0.2, 0) is 20.9 Å². The number of rotatable bonds is 7. The zero-order chi connectivity index (χ0) is 23.5. The van der Waals surface area contributed by atoms with Crippen LogP contribution in [0.2, 0.25) is 5.02 Å². The molecule has 0 unspecified atom stereocenters. The van der Waals surface area contributed by atoms with Gasteiger partial charge in [-0.3, -0.25) is 9.36 Å². The Bertz CT molecular complexity index is 1170. The average molecular weight is 476 g/mol. The van der Waals surface area contributed by atoms with E-state index in [9.17, 15) is 9.18 Å². The third kappa shape index (κ3) is 4.26. The Kier molecular flexibility index (Phi) is 6.80. The van der Waals surface area contributed by atoms with Crippen LogP contribution in [0.5, 0.6) is 11.5 Å². The number of nitrogens with zero attached hydrogens (tertiary/aromatic N) is 3. The summed E-state index contributed by atoms with van der Waals surface area (Å²) >= 11 is 6.35. The van der Waals surface area contributed by atoms with Crippen LogP contribution in [0.3, 0.4) is 0 Å². The van der Waals surface area contributed by atoms with Crippen LogP contribution in [0.25, 0.3) is 5.69 Å². The zero-order valence-corrected chi connectivity index (χ0v) is 19.1. The van der Waals surface area contributed by atoms with E-state index in [4.69, 9.17) is 30.5 Å². The Morgan fingerprint density at radius 1 is 1.18 bits per heavy atom. The number of benzene rings is 2. The van der Waals surface area contributed by atoms with Gasteiger partial charge in [-0.1, -0.05) is 23.7 Å². The molecule has 0 fully saturated rings. The van der Waals surface area contributed by atoms with Crippen LogP contribution in [0, 0.1) is 0 Å². The quantitative estimate of drug-likeness (QED) is 0.464. The minimum atomic E-state index is -0.871. The Balaban J connectivity index is 1.95. The second-order valence-electron chi connectivity index (χ2n) is 7.24. The Hall–Kier alpha value is -3.17. The number of alkyl halides is 1. The lowest BCUT2D eigenvalue weighted by atomic mass is 9.98. The summed E-state index contributed by atoms with van der Waals surface area (Å²) in [5.41, 5.74) is 1.87. The molecule has 174 valence electrons. The number of carbonyl (C=O) groups is 1. The van der Waals surface area contributed by atoms with E-state index in [0.29, 0.717) is 39.2 Å². The predicted molar refractivity (Wildman–Crippen MR) is 118 cm³/mol. The van der Waals surface area contributed by atoms with E-state index in [-0.39, 0.29) is 18.9 Å². The minimum Gasteiger partial charge on any atom is -0.493 e. The molecular weight excluding hydrogens is 453 g/mol. The smallest absolute Gasteiger partial charge is 0.308 e. The maximum atomic E-state index is 13.9. The lowest BCUT2D eigenvalue weighted by Crippen LogP contribution is -2.17. The van der Waals surface area contributed by atoms with E-state index in [1.165, 1.54) is 7.11 Å². The third-order valence-electron chi connectivity index (χ3n) is 5.35. The Morgan fingerprint density at radius 3 is 2.70 bits per heavy atom. The first-order chi connectivity index (χ1) is 16.0. The van der Waals surface area contributed by atoms with Crippen molar-refractivity contribution >= 4 is 17.6 Å². The van der Waals surface area contributed by atoms with Crippen LogP contribution >= 0.6 is 11.6 Å². The standard InChI is InChI=1S/C23H23ClFN3O5/c1-4-32-20(29)11-18-23-27-26-19(12-25)28(23)16-9-8-13(24)10-15(16)21(33-18)14-6-5-7-17(30-2)22(14)31-3/h5-10,18,21H,4,11-12H2,1-3H3/t18-,21-/m0/s1. The van der Waals surface area contributed by atoms with Gasteiger partial charge in [0.05, 0.1) is 32.9 Å². The van der Waals surface area contributed by atoms with Gasteiger partial charge < -0.3 is 18.9 Å². The molecule has 1 aliphatic heterocycles. The van der Waals surface area contributed by atoms with Crippen LogP contribution in [0.15, 0.2) is 36.4 Å². The molecule has 0 amide bonds. The molecule has 0 saturated carbocycles. The van der Waals surface area contributed by atoms with Gasteiger partial charge in [-0.25, -0.2) is 4.39 Å². The minimum absolute atomic E-state index is 0.0873. The molecule has 1 aromatic heterocycles. The second-order valence-corrected chi connectivity index (χ2v) is 7.68. The molecule has 0 aliphatic carbocycles. The molecule has 33 heavy (non-hydrogen) atoms.